The SMILES string of the molecule is COc1cc(OCC(=O)N(Cc2ccccc2)[C@H](C)C(=O)NC(C)(C)C)ccc1[N+](=O)[O-]. The van der Waals surface area contributed by atoms with Crippen molar-refractivity contribution >= 4 is 17.5 Å². The average Bonchev–Trinajstić information content (AvgIpc) is 2.74. The zero-order valence-corrected chi connectivity index (χ0v) is 19.0. The fourth-order valence-corrected chi connectivity index (χ4v) is 2.96. The zero-order chi connectivity index (χ0) is 23.9. The third-order valence-electron chi connectivity index (χ3n) is 4.57. The minimum atomic E-state index is -0.739. The lowest BCUT2D eigenvalue weighted by molar-refractivity contribution is -0.385. The van der Waals surface area contributed by atoms with E-state index >= 15 is 0 Å². The molecule has 2 aromatic rings. The van der Waals surface area contributed by atoms with Crippen LogP contribution in [-0.4, -0.2) is 46.9 Å². The molecule has 2 aromatic carbocycles. The topological polar surface area (TPSA) is 111 Å². The van der Waals surface area contributed by atoms with Crippen LogP contribution in [0.1, 0.15) is 33.3 Å². The number of rotatable bonds is 9. The number of nitrogens with zero attached hydrogens (tertiary/aromatic N) is 2. The van der Waals surface area contributed by atoms with E-state index in [9.17, 15) is 19.7 Å². The van der Waals surface area contributed by atoms with E-state index in [4.69, 9.17) is 9.47 Å². The smallest absolute Gasteiger partial charge is 0.311 e. The lowest BCUT2D eigenvalue weighted by Gasteiger charge is -2.31. The van der Waals surface area contributed by atoms with Gasteiger partial charge in [0.05, 0.1) is 12.0 Å². The molecule has 0 aromatic heterocycles. The number of ether oxygens (including phenoxy) is 2. The maximum atomic E-state index is 13.0. The van der Waals surface area contributed by atoms with Crippen LogP contribution < -0.4 is 14.8 Å². The van der Waals surface area contributed by atoms with Gasteiger partial charge in [0.1, 0.15) is 11.8 Å². The standard InChI is InChI=1S/C23H29N3O6/c1-16(22(28)24-23(2,3)4)25(14-17-9-7-6-8-10-17)21(27)15-32-18-11-12-19(26(29)30)20(13-18)31-5/h6-13,16H,14-15H2,1-5H3,(H,24,28)/t16-/m1/s1. The van der Waals surface area contributed by atoms with Gasteiger partial charge in [0, 0.05) is 24.2 Å². The molecule has 0 fully saturated rings. The number of nitrogens with one attached hydrogen (secondary N) is 1. The highest BCUT2D eigenvalue weighted by Crippen LogP contribution is 2.30. The quantitative estimate of drug-likeness (QED) is 0.470. The van der Waals surface area contributed by atoms with Gasteiger partial charge in [-0.15, -0.1) is 0 Å². The molecule has 0 aliphatic carbocycles. The molecule has 9 heteroatoms. The Morgan fingerprint density at radius 2 is 1.81 bits per heavy atom. The highest BCUT2D eigenvalue weighted by atomic mass is 16.6. The first-order valence-corrected chi connectivity index (χ1v) is 10.1. The number of nitro benzene ring substituents is 1. The molecule has 1 N–H and O–H groups in total. The highest BCUT2D eigenvalue weighted by molar-refractivity contribution is 5.88. The number of hydrogen-bond donors (Lipinski definition) is 1. The van der Waals surface area contributed by atoms with Crippen LogP contribution in [0.25, 0.3) is 0 Å². The molecule has 1 atom stereocenters. The molecule has 0 radical (unpaired) electrons. The summed E-state index contributed by atoms with van der Waals surface area (Å²) in [4.78, 5) is 37.7. The van der Waals surface area contributed by atoms with E-state index in [1.165, 1.54) is 30.2 Å². The van der Waals surface area contributed by atoms with E-state index in [0.29, 0.717) is 0 Å². The Morgan fingerprint density at radius 1 is 1.16 bits per heavy atom. The van der Waals surface area contributed by atoms with Crippen molar-refractivity contribution in [3.63, 3.8) is 0 Å². The predicted molar refractivity (Wildman–Crippen MR) is 119 cm³/mol. The van der Waals surface area contributed by atoms with Gasteiger partial charge in [-0.25, -0.2) is 0 Å². The summed E-state index contributed by atoms with van der Waals surface area (Å²) in [6.45, 7) is 7.15. The molecule has 0 aliphatic heterocycles. The summed E-state index contributed by atoms with van der Waals surface area (Å²) in [5.41, 5.74) is 0.219. The molecule has 0 heterocycles. The van der Waals surface area contributed by atoms with Crippen LogP contribution in [0.15, 0.2) is 48.5 Å². The fraction of sp³-hybridized carbons (Fsp3) is 0.391. The summed E-state index contributed by atoms with van der Waals surface area (Å²) in [5, 5.41) is 13.9. The molecule has 0 bridgehead atoms. The molecule has 0 saturated heterocycles. The third-order valence-corrected chi connectivity index (χ3v) is 4.57. The molecule has 32 heavy (non-hydrogen) atoms. The Labute approximate surface area is 187 Å². The Balaban J connectivity index is 2.18. The minimum Gasteiger partial charge on any atom is -0.490 e. The van der Waals surface area contributed by atoms with E-state index in [1.54, 1.807) is 6.92 Å². The molecular formula is C23H29N3O6. The molecule has 0 aliphatic rings. The first-order valence-electron chi connectivity index (χ1n) is 10.1. The van der Waals surface area contributed by atoms with Gasteiger partial charge in [0.15, 0.2) is 6.61 Å². The van der Waals surface area contributed by atoms with Crippen LogP contribution in [-0.2, 0) is 16.1 Å². The maximum Gasteiger partial charge on any atom is 0.311 e. The van der Waals surface area contributed by atoms with Gasteiger partial charge in [-0.1, -0.05) is 30.3 Å². The zero-order valence-electron chi connectivity index (χ0n) is 19.0. The van der Waals surface area contributed by atoms with Crippen LogP contribution in [0.2, 0.25) is 0 Å². The summed E-state index contributed by atoms with van der Waals surface area (Å²) in [6, 6.07) is 12.6. The van der Waals surface area contributed by atoms with Gasteiger partial charge < -0.3 is 19.7 Å². The summed E-state index contributed by atoms with van der Waals surface area (Å²) in [7, 11) is 1.31. The predicted octanol–water partition coefficient (Wildman–Crippen LogP) is 3.31. The van der Waals surface area contributed by atoms with Crippen molar-refractivity contribution in [3.05, 3.63) is 64.2 Å². The molecule has 0 saturated carbocycles. The summed E-state index contributed by atoms with van der Waals surface area (Å²) in [6.07, 6.45) is 0. The van der Waals surface area contributed by atoms with Crippen LogP contribution >= 0.6 is 0 Å². The van der Waals surface area contributed by atoms with Crippen LogP contribution in [0.5, 0.6) is 11.5 Å². The van der Waals surface area contributed by atoms with E-state index in [0.717, 1.165) is 5.56 Å². The lowest BCUT2D eigenvalue weighted by atomic mass is 10.1. The molecule has 0 spiro atoms. The monoisotopic (exact) mass is 443 g/mol. The van der Waals surface area contributed by atoms with Crippen LogP contribution in [0, 0.1) is 10.1 Å². The van der Waals surface area contributed by atoms with Crippen molar-refractivity contribution in [3.8, 4) is 11.5 Å². The van der Waals surface area contributed by atoms with Crippen molar-refractivity contribution in [2.75, 3.05) is 13.7 Å². The number of carbonyl (C=O) groups is 2. The van der Waals surface area contributed by atoms with Gasteiger partial charge in [-0.2, -0.15) is 0 Å². The van der Waals surface area contributed by atoms with Crippen molar-refractivity contribution in [1.82, 2.24) is 10.2 Å². The Morgan fingerprint density at radius 3 is 2.38 bits per heavy atom. The van der Waals surface area contributed by atoms with E-state index < -0.39 is 22.4 Å². The molecule has 0 unspecified atom stereocenters. The Hall–Kier alpha value is -3.62. The first kappa shape index (κ1) is 24.6. The third kappa shape index (κ3) is 6.97. The molecule has 172 valence electrons. The second-order valence-electron chi connectivity index (χ2n) is 8.30. The van der Waals surface area contributed by atoms with Crippen molar-refractivity contribution in [1.29, 1.82) is 0 Å². The number of methoxy groups -OCH3 is 1. The second kappa shape index (κ2) is 10.6. The van der Waals surface area contributed by atoms with Crippen molar-refractivity contribution in [2.45, 2.75) is 45.8 Å². The van der Waals surface area contributed by atoms with Gasteiger partial charge in [-0.05, 0) is 39.3 Å². The Kier molecular flexibility index (Phi) is 8.17. The molecular weight excluding hydrogens is 414 g/mol. The average molecular weight is 444 g/mol. The normalized spacial score (nSPS) is 11.9. The number of amides is 2. The molecule has 9 nitrogen and oxygen atoms in total. The highest BCUT2D eigenvalue weighted by Gasteiger charge is 2.28. The van der Waals surface area contributed by atoms with Crippen LogP contribution in [0.3, 0.4) is 0 Å². The first-order chi connectivity index (χ1) is 15.0. The summed E-state index contributed by atoms with van der Waals surface area (Å²) >= 11 is 0. The van der Waals surface area contributed by atoms with Gasteiger partial charge in [0.2, 0.25) is 11.7 Å². The van der Waals surface area contributed by atoms with Crippen molar-refractivity contribution in [2.24, 2.45) is 0 Å². The summed E-state index contributed by atoms with van der Waals surface area (Å²) < 4.78 is 10.6. The number of benzene rings is 2. The number of carbonyl (C=O) groups excluding carboxylic acids is 2. The lowest BCUT2D eigenvalue weighted by Crippen LogP contribution is -2.53. The van der Waals surface area contributed by atoms with Gasteiger partial charge in [0.25, 0.3) is 5.91 Å². The van der Waals surface area contributed by atoms with E-state index in [-0.39, 0.29) is 36.2 Å². The molecule has 2 rings (SSSR count). The van der Waals surface area contributed by atoms with E-state index in [2.05, 4.69) is 5.32 Å². The van der Waals surface area contributed by atoms with Gasteiger partial charge in [-0.3, -0.25) is 19.7 Å². The fourth-order valence-electron chi connectivity index (χ4n) is 2.96. The van der Waals surface area contributed by atoms with Crippen LogP contribution in [0.4, 0.5) is 5.69 Å². The number of hydrogen-bond acceptors (Lipinski definition) is 6. The van der Waals surface area contributed by atoms with Crippen molar-refractivity contribution < 1.29 is 24.0 Å². The number of nitro groups is 1. The largest absolute Gasteiger partial charge is 0.490 e. The minimum absolute atomic E-state index is 0.0269. The van der Waals surface area contributed by atoms with E-state index in [1.807, 2.05) is 51.1 Å². The van der Waals surface area contributed by atoms with Gasteiger partial charge >= 0.3 is 5.69 Å². The summed E-state index contributed by atoms with van der Waals surface area (Å²) in [5.74, 6) is -0.409. The second-order valence-corrected chi connectivity index (χ2v) is 8.30. The Bertz CT molecular complexity index is 956. The maximum absolute atomic E-state index is 13.0. The molecule has 2 amide bonds.